The maximum absolute atomic E-state index is 9.64. The van der Waals surface area contributed by atoms with Crippen molar-refractivity contribution in [1.82, 2.24) is 10.2 Å². The molecule has 22 heavy (non-hydrogen) atoms. The van der Waals surface area contributed by atoms with Crippen molar-refractivity contribution >= 4 is 29.9 Å². The molecule has 2 N–H and O–H groups in total. The topological polar surface area (TPSA) is 57.1 Å². The van der Waals surface area contributed by atoms with Gasteiger partial charge in [-0.1, -0.05) is 18.2 Å². The molecule has 2 atom stereocenters. The maximum atomic E-state index is 9.64. The first kappa shape index (κ1) is 19.0. The van der Waals surface area contributed by atoms with E-state index in [0.717, 1.165) is 31.2 Å². The third-order valence-electron chi connectivity index (χ3n) is 3.38. The number of likely N-dealkylation sites (tertiary alicyclic amines) is 1. The minimum atomic E-state index is -0.244. The smallest absolute Gasteiger partial charge is 0.194 e. The molecule has 124 valence electrons. The summed E-state index contributed by atoms with van der Waals surface area (Å²) in [5.41, 5.74) is 0. The third kappa shape index (κ3) is 6.00. The van der Waals surface area contributed by atoms with Crippen molar-refractivity contribution in [3.63, 3.8) is 0 Å². The highest BCUT2D eigenvalue weighted by molar-refractivity contribution is 14.0. The highest BCUT2D eigenvalue weighted by atomic mass is 127. The van der Waals surface area contributed by atoms with Crippen LogP contribution < -0.4 is 10.1 Å². The van der Waals surface area contributed by atoms with Gasteiger partial charge in [0.05, 0.1) is 12.6 Å². The fraction of sp³-hybridized carbons (Fsp3) is 0.562. The summed E-state index contributed by atoms with van der Waals surface area (Å²) in [6.45, 7) is 6.97. The Morgan fingerprint density at radius 1 is 1.45 bits per heavy atom. The second-order valence-corrected chi connectivity index (χ2v) is 5.32. The number of ether oxygens (including phenoxy) is 1. The number of hydrogen-bond acceptors (Lipinski definition) is 3. The van der Waals surface area contributed by atoms with Crippen LogP contribution in [-0.2, 0) is 0 Å². The number of rotatable bonds is 5. The maximum Gasteiger partial charge on any atom is 0.194 e. The molecule has 1 aromatic rings. The highest BCUT2D eigenvalue weighted by Crippen LogP contribution is 2.12. The molecule has 1 heterocycles. The number of hydrogen-bond donors (Lipinski definition) is 2. The lowest BCUT2D eigenvalue weighted by molar-refractivity contribution is 0.187. The summed E-state index contributed by atoms with van der Waals surface area (Å²) in [6.07, 6.45) is 0.570. The zero-order valence-corrected chi connectivity index (χ0v) is 15.6. The van der Waals surface area contributed by atoms with Crippen molar-refractivity contribution in [2.24, 2.45) is 4.99 Å². The summed E-state index contributed by atoms with van der Waals surface area (Å²) >= 11 is 0. The monoisotopic (exact) mass is 419 g/mol. The fourth-order valence-corrected chi connectivity index (χ4v) is 2.34. The quantitative estimate of drug-likeness (QED) is 0.436. The Balaban J connectivity index is 0.00000242. The summed E-state index contributed by atoms with van der Waals surface area (Å²) in [5.74, 6) is 1.72. The first-order valence-electron chi connectivity index (χ1n) is 7.62. The Labute approximate surface area is 149 Å². The molecule has 2 rings (SSSR count). The van der Waals surface area contributed by atoms with Gasteiger partial charge in [-0.3, -0.25) is 0 Å². The van der Waals surface area contributed by atoms with E-state index < -0.39 is 0 Å². The number of halogens is 1. The van der Waals surface area contributed by atoms with Gasteiger partial charge < -0.3 is 20.1 Å². The van der Waals surface area contributed by atoms with Gasteiger partial charge in [-0.15, -0.1) is 24.0 Å². The predicted octanol–water partition coefficient (Wildman–Crippen LogP) is 2.10. The van der Waals surface area contributed by atoms with Gasteiger partial charge in [-0.2, -0.15) is 0 Å². The van der Waals surface area contributed by atoms with E-state index in [1.165, 1.54) is 0 Å². The number of aliphatic hydroxyl groups excluding tert-OH is 1. The largest absolute Gasteiger partial charge is 0.489 e. The Bertz CT molecular complexity index is 456. The van der Waals surface area contributed by atoms with Crippen molar-refractivity contribution < 1.29 is 9.84 Å². The Hall–Kier alpha value is -1.02. The number of aliphatic imine (C=N–C) groups is 1. The number of benzene rings is 1. The molecular formula is C16H26IN3O2. The lowest BCUT2D eigenvalue weighted by Gasteiger charge is -2.22. The van der Waals surface area contributed by atoms with Gasteiger partial charge in [-0.05, 0) is 32.4 Å². The highest BCUT2D eigenvalue weighted by Gasteiger charge is 2.22. The standard InChI is InChI=1S/C16H25N3O2.HI/c1-3-17-16(19-10-9-14(20)12-19)18-11-13(2)21-15-7-5-4-6-8-15;/h4-8,13-14,20H,3,9-12H2,1-2H3,(H,17,18);1H/t13?,14-;/m1./s1. The normalized spacial score (nSPS) is 19.5. The minimum absolute atomic E-state index is 0. The molecule has 0 radical (unpaired) electrons. The number of aliphatic hydroxyl groups is 1. The van der Waals surface area contributed by atoms with E-state index in [9.17, 15) is 5.11 Å². The average Bonchev–Trinajstić information content (AvgIpc) is 2.91. The van der Waals surface area contributed by atoms with Gasteiger partial charge in [0.2, 0.25) is 0 Å². The molecule has 0 spiro atoms. The molecule has 6 heteroatoms. The molecular weight excluding hydrogens is 393 g/mol. The van der Waals surface area contributed by atoms with Gasteiger partial charge in [-0.25, -0.2) is 4.99 Å². The van der Waals surface area contributed by atoms with Gasteiger partial charge in [0.15, 0.2) is 5.96 Å². The molecule has 1 unspecified atom stereocenters. The lowest BCUT2D eigenvalue weighted by atomic mass is 10.3. The Morgan fingerprint density at radius 3 is 2.77 bits per heavy atom. The van der Waals surface area contributed by atoms with E-state index in [0.29, 0.717) is 13.1 Å². The van der Waals surface area contributed by atoms with Crippen LogP contribution >= 0.6 is 24.0 Å². The molecule has 0 aliphatic carbocycles. The zero-order valence-electron chi connectivity index (χ0n) is 13.2. The van der Waals surface area contributed by atoms with Crippen molar-refractivity contribution in [2.45, 2.75) is 32.5 Å². The summed E-state index contributed by atoms with van der Waals surface area (Å²) in [7, 11) is 0. The lowest BCUT2D eigenvalue weighted by Crippen LogP contribution is -2.41. The van der Waals surface area contributed by atoms with Crippen molar-refractivity contribution in [1.29, 1.82) is 0 Å². The molecule has 0 saturated carbocycles. The molecule has 1 fully saturated rings. The van der Waals surface area contributed by atoms with Crippen LogP contribution in [0.2, 0.25) is 0 Å². The summed E-state index contributed by atoms with van der Waals surface area (Å²) in [4.78, 5) is 6.72. The zero-order chi connectivity index (χ0) is 15.1. The van der Waals surface area contributed by atoms with Gasteiger partial charge in [0, 0.05) is 19.6 Å². The van der Waals surface area contributed by atoms with E-state index >= 15 is 0 Å². The van der Waals surface area contributed by atoms with E-state index in [4.69, 9.17) is 4.74 Å². The van der Waals surface area contributed by atoms with E-state index in [-0.39, 0.29) is 36.2 Å². The van der Waals surface area contributed by atoms with Crippen molar-refractivity contribution in [3.8, 4) is 5.75 Å². The number of nitrogens with zero attached hydrogens (tertiary/aromatic N) is 2. The molecule has 1 saturated heterocycles. The Kier molecular flexibility index (Phi) is 8.55. The SMILES string of the molecule is CCNC(=NCC(C)Oc1ccccc1)N1CC[C@@H](O)C1.I. The van der Waals surface area contributed by atoms with E-state index in [2.05, 4.69) is 15.2 Å². The summed E-state index contributed by atoms with van der Waals surface area (Å²) in [6, 6.07) is 9.78. The van der Waals surface area contributed by atoms with Crippen LogP contribution in [0.4, 0.5) is 0 Å². The molecule has 1 aliphatic heterocycles. The van der Waals surface area contributed by atoms with Gasteiger partial charge >= 0.3 is 0 Å². The second kappa shape index (κ2) is 9.89. The van der Waals surface area contributed by atoms with Crippen LogP contribution in [0.15, 0.2) is 35.3 Å². The molecule has 5 nitrogen and oxygen atoms in total. The molecule has 0 bridgehead atoms. The number of β-amino-alcohol motifs (C(OH)–C–C–N with tert-alkyl or cyclic N) is 1. The van der Waals surface area contributed by atoms with Crippen molar-refractivity contribution in [3.05, 3.63) is 30.3 Å². The molecule has 0 amide bonds. The molecule has 1 aromatic carbocycles. The van der Waals surface area contributed by atoms with Crippen LogP contribution in [0.3, 0.4) is 0 Å². The van der Waals surface area contributed by atoms with Crippen LogP contribution in [0, 0.1) is 0 Å². The second-order valence-electron chi connectivity index (χ2n) is 5.32. The third-order valence-corrected chi connectivity index (χ3v) is 3.38. The van der Waals surface area contributed by atoms with Crippen molar-refractivity contribution in [2.75, 3.05) is 26.2 Å². The average molecular weight is 419 g/mol. The number of nitrogens with one attached hydrogen (secondary N) is 1. The Morgan fingerprint density at radius 2 is 2.18 bits per heavy atom. The van der Waals surface area contributed by atoms with E-state index in [1.807, 2.05) is 44.2 Å². The number of guanidine groups is 1. The summed E-state index contributed by atoms with van der Waals surface area (Å²) < 4.78 is 5.82. The van der Waals surface area contributed by atoms with Crippen LogP contribution in [0.25, 0.3) is 0 Å². The summed E-state index contributed by atoms with van der Waals surface area (Å²) in [5, 5.41) is 12.9. The van der Waals surface area contributed by atoms with E-state index in [1.54, 1.807) is 0 Å². The number of para-hydroxylation sites is 1. The van der Waals surface area contributed by atoms with Gasteiger partial charge in [0.1, 0.15) is 11.9 Å². The van der Waals surface area contributed by atoms with Gasteiger partial charge in [0.25, 0.3) is 0 Å². The molecule has 1 aliphatic rings. The first-order chi connectivity index (χ1) is 10.2. The van der Waals surface area contributed by atoms with Crippen LogP contribution in [-0.4, -0.2) is 54.4 Å². The first-order valence-corrected chi connectivity index (χ1v) is 7.62. The van der Waals surface area contributed by atoms with Crippen LogP contribution in [0.1, 0.15) is 20.3 Å². The molecule has 0 aromatic heterocycles. The predicted molar refractivity (Wildman–Crippen MR) is 100 cm³/mol. The van der Waals surface area contributed by atoms with Crippen LogP contribution in [0.5, 0.6) is 5.75 Å². The fourth-order valence-electron chi connectivity index (χ4n) is 2.34. The minimum Gasteiger partial charge on any atom is -0.489 e.